The molecule has 2 aliphatic rings. The molecule has 1 N–H and O–H groups in total. The van der Waals surface area contributed by atoms with Gasteiger partial charge in [0.1, 0.15) is 6.10 Å². The molecule has 2 fully saturated rings. The highest BCUT2D eigenvalue weighted by molar-refractivity contribution is 5.80. The summed E-state index contributed by atoms with van der Waals surface area (Å²) in [6, 6.07) is 4.93. The maximum Gasteiger partial charge on any atom is 0.387 e. The van der Waals surface area contributed by atoms with Crippen LogP contribution in [0.1, 0.15) is 25.3 Å². The number of guanidine groups is 1. The van der Waals surface area contributed by atoms with E-state index in [0.29, 0.717) is 25.5 Å². The number of hydrogen-bond donors (Lipinski definition) is 1. The molecular weight excluding hydrogens is 384 g/mol. The minimum atomic E-state index is -2.89. The van der Waals surface area contributed by atoms with Gasteiger partial charge in [0.15, 0.2) is 17.5 Å². The first-order valence-corrected chi connectivity index (χ1v) is 10.00. The number of alkyl halides is 2. The molecule has 2 unspecified atom stereocenters. The maximum atomic E-state index is 12.6. The zero-order valence-corrected chi connectivity index (χ0v) is 16.9. The van der Waals surface area contributed by atoms with Crippen LogP contribution in [0.3, 0.4) is 0 Å². The average molecular weight is 413 g/mol. The number of hydrogen-bond acceptors (Lipinski definition) is 5. The molecule has 0 aliphatic carbocycles. The van der Waals surface area contributed by atoms with Crippen molar-refractivity contribution in [1.29, 1.82) is 0 Å². The molecule has 2 heterocycles. The summed E-state index contributed by atoms with van der Waals surface area (Å²) in [5.74, 6) is 1.09. The van der Waals surface area contributed by atoms with Crippen LogP contribution in [0.15, 0.2) is 23.2 Å². The molecule has 2 atom stereocenters. The van der Waals surface area contributed by atoms with Crippen LogP contribution in [-0.2, 0) is 16.0 Å². The molecule has 7 nitrogen and oxygen atoms in total. The summed E-state index contributed by atoms with van der Waals surface area (Å²) < 4.78 is 46.7. The number of ether oxygens (including phenoxy) is 4. The van der Waals surface area contributed by atoms with Crippen LogP contribution >= 0.6 is 0 Å². The standard InChI is InChI=1S/C20H29F2N3O4/c1-3-26-17-11-14(6-7-16(17)29-19(21)22)12-24-20(23-2)25-8-10-28-18(13-25)15-5-4-9-27-15/h6-7,11,15,18-19H,3-5,8-10,12-13H2,1-2H3,(H,23,24). The number of morpholine rings is 1. The van der Waals surface area contributed by atoms with E-state index < -0.39 is 6.61 Å². The lowest BCUT2D eigenvalue weighted by atomic mass is 10.1. The lowest BCUT2D eigenvalue weighted by Gasteiger charge is -2.37. The number of benzene rings is 1. The molecule has 1 aromatic carbocycles. The lowest BCUT2D eigenvalue weighted by molar-refractivity contribution is -0.0817. The van der Waals surface area contributed by atoms with Crippen LogP contribution in [0.4, 0.5) is 8.78 Å². The minimum Gasteiger partial charge on any atom is -0.490 e. The molecule has 1 aromatic rings. The zero-order chi connectivity index (χ0) is 20.6. The smallest absolute Gasteiger partial charge is 0.387 e. The number of rotatable bonds is 7. The summed E-state index contributed by atoms with van der Waals surface area (Å²) >= 11 is 0. The first-order valence-electron chi connectivity index (χ1n) is 10.00. The van der Waals surface area contributed by atoms with Crippen molar-refractivity contribution in [2.24, 2.45) is 4.99 Å². The van der Waals surface area contributed by atoms with Gasteiger partial charge in [0, 0.05) is 33.3 Å². The van der Waals surface area contributed by atoms with E-state index in [1.54, 1.807) is 26.1 Å². The van der Waals surface area contributed by atoms with Crippen molar-refractivity contribution in [2.75, 3.05) is 40.0 Å². The van der Waals surface area contributed by atoms with E-state index >= 15 is 0 Å². The number of nitrogens with one attached hydrogen (secondary N) is 1. The summed E-state index contributed by atoms with van der Waals surface area (Å²) in [7, 11) is 1.74. The summed E-state index contributed by atoms with van der Waals surface area (Å²) in [5.41, 5.74) is 0.875. The van der Waals surface area contributed by atoms with E-state index in [1.807, 2.05) is 0 Å². The molecule has 0 spiro atoms. The van der Waals surface area contributed by atoms with Crippen molar-refractivity contribution in [3.8, 4) is 11.5 Å². The number of nitrogens with zero attached hydrogens (tertiary/aromatic N) is 2. The highest BCUT2D eigenvalue weighted by Crippen LogP contribution is 2.30. The topological polar surface area (TPSA) is 64.6 Å². The molecule has 0 aromatic heterocycles. The highest BCUT2D eigenvalue weighted by Gasteiger charge is 2.32. The monoisotopic (exact) mass is 413 g/mol. The Morgan fingerprint density at radius 2 is 2.10 bits per heavy atom. The van der Waals surface area contributed by atoms with Gasteiger partial charge in [-0.15, -0.1) is 0 Å². The third-order valence-corrected chi connectivity index (χ3v) is 4.96. The Labute approximate surface area is 170 Å². The van der Waals surface area contributed by atoms with E-state index in [0.717, 1.165) is 44.1 Å². The predicted molar refractivity (Wildman–Crippen MR) is 105 cm³/mol. The summed E-state index contributed by atoms with van der Waals surface area (Å²) in [5, 5.41) is 3.33. The van der Waals surface area contributed by atoms with Gasteiger partial charge in [0.25, 0.3) is 0 Å². The van der Waals surface area contributed by atoms with Crippen molar-refractivity contribution in [3.05, 3.63) is 23.8 Å². The normalized spacial score (nSPS) is 22.8. The van der Waals surface area contributed by atoms with Gasteiger partial charge in [-0.3, -0.25) is 4.99 Å². The Morgan fingerprint density at radius 1 is 1.28 bits per heavy atom. The van der Waals surface area contributed by atoms with Gasteiger partial charge in [0.05, 0.1) is 19.3 Å². The molecule has 0 amide bonds. The van der Waals surface area contributed by atoms with Gasteiger partial charge in [-0.25, -0.2) is 0 Å². The van der Waals surface area contributed by atoms with Gasteiger partial charge in [-0.1, -0.05) is 6.07 Å². The Balaban J connectivity index is 1.60. The van der Waals surface area contributed by atoms with Crippen LogP contribution in [0.2, 0.25) is 0 Å². The molecule has 0 bridgehead atoms. The van der Waals surface area contributed by atoms with Crippen molar-refractivity contribution in [3.63, 3.8) is 0 Å². The lowest BCUT2D eigenvalue weighted by Crippen LogP contribution is -2.53. The third-order valence-electron chi connectivity index (χ3n) is 4.96. The van der Waals surface area contributed by atoms with E-state index in [1.165, 1.54) is 6.07 Å². The van der Waals surface area contributed by atoms with Crippen molar-refractivity contribution >= 4 is 5.96 Å². The molecule has 0 saturated carbocycles. The van der Waals surface area contributed by atoms with Gasteiger partial charge < -0.3 is 29.2 Å². The fraction of sp³-hybridized carbons (Fsp3) is 0.650. The second kappa shape index (κ2) is 10.6. The van der Waals surface area contributed by atoms with Gasteiger partial charge in [0.2, 0.25) is 0 Å². The van der Waals surface area contributed by atoms with Crippen LogP contribution in [-0.4, -0.2) is 69.6 Å². The summed E-state index contributed by atoms with van der Waals surface area (Å²) in [4.78, 5) is 6.54. The third kappa shape index (κ3) is 5.93. The van der Waals surface area contributed by atoms with Crippen LogP contribution in [0.25, 0.3) is 0 Å². The number of halogens is 2. The SMILES string of the molecule is CCOc1cc(CNC(=NC)N2CCOC(C3CCCO3)C2)ccc1OC(F)F. The molecule has 29 heavy (non-hydrogen) atoms. The van der Waals surface area contributed by atoms with Crippen molar-refractivity contribution in [1.82, 2.24) is 10.2 Å². The first-order chi connectivity index (χ1) is 14.1. The van der Waals surface area contributed by atoms with Crippen molar-refractivity contribution < 1.29 is 27.7 Å². The molecule has 0 radical (unpaired) electrons. The van der Waals surface area contributed by atoms with E-state index in [4.69, 9.17) is 14.2 Å². The van der Waals surface area contributed by atoms with Gasteiger partial charge in [-0.2, -0.15) is 8.78 Å². The van der Waals surface area contributed by atoms with Gasteiger partial charge in [-0.05, 0) is 37.5 Å². The molecule has 162 valence electrons. The first kappa shape index (κ1) is 21.6. The number of aliphatic imine (C=N–C) groups is 1. The second-order valence-electron chi connectivity index (χ2n) is 6.90. The van der Waals surface area contributed by atoms with E-state index in [-0.39, 0.29) is 18.0 Å². The quantitative estimate of drug-likeness (QED) is 0.548. The molecular formula is C20H29F2N3O4. The summed E-state index contributed by atoms with van der Waals surface area (Å²) in [6.45, 7) is 2.62. The zero-order valence-electron chi connectivity index (χ0n) is 16.9. The minimum absolute atomic E-state index is 0.0302. The van der Waals surface area contributed by atoms with E-state index in [9.17, 15) is 8.78 Å². The second-order valence-corrected chi connectivity index (χ2v) is 6.90. The van der Waals surface area contributed by atoms with Crippen LogP contribution < -0.4 is 14.8 Å². The molecule has 9 heteroatoms. The molecule has 3 rings (SSSR count). The Kier molecular flexibility index (Phi) is 7.88. The van der Waals surface area contributed by atoms with Gasteiger partial charge >= 0.3 is 6.61 Å². The Bertz CT molecular complexity index is 684. The summed E-state index contributed by atoms with van der Waals surface area (Å²) in [6.07, 6.45) is 2.29. The van der Waals surface area contributed by atoms with Crippen LogP contribution in [0, 0.1) is 0 Å². The predicted octanol–water partition coefficient (Wildman–Crippen LogP) is 2.64. The molecule has 2 aliphatic heterocycles. The fourth-order valence-corrected chi connectivity index (χ4v) is 3.63. The fourth-order valence-electron chi connectivity index (χ4n) is 3.63. The van der Waals surface area contributed by atoms with E-state index in [2.05, 4.69) is 19.9 Å². The molecule has 2 saturated heterocycles. The average Bonchev–Trinajstić information content (AvgIpc) is 3.25. The Hall–Kier alpha value is -2.13. The highest BCUT2D eigenvalue weighted by atomic mass is 19.3. The maximum absolute atomic E-state index is 12.6. The largest absolute Gasteiger partial charge is 0.490 e. The Morgan fingerprint density at radius 3 is 2.79 bits per heavy atom. The van der Waals surface area contributed by atoms with Crippen molar-refractivity contribution in [2.45, 2.75) is 45.1 Å². The van der Waals surface area contributed by atoms with Crippen LogP contribution in [0.5, 0.6) is 11.5 Å².